The third-order valence-corrected chi connectivity index (χ3v) is 5.17. The predicted octanol–water partition coefficient (Wildman–Crippen LogP) is 2.61. The molecule has 2 heterocycles. The summed E-state index contributed by atoms with van der Waals surface area (Å²) >= 11 is 0. The minimum Gasteiger partial charge on any atom is -0.342 e. The first-order valence-corrected chi connectivity index (χ1v) is 7.90. The van der Waals surface area contributed by atoms with E-state index in [0.29, 0.717) is 5.91 Å². The van der Waals surface area contributed by atoms with Crippen molar-refractivity contribution in [2.75, 3.05) is 33.2 Å². The number of carbonyl (C=O) groups excluding carboxylic acids is 1. The molecular formula is C16H30N2O. The smallest absolute Gasteiger partial charge is 0.229 e. The van der Waals surface area contributed by atoms with E-state index in [9.17, 15) is 4.79 Å². The molecule has 1 atom stereocenters. The minimum atomic E-state index is -0.141. The molecule has 0 N–H and O–H groups in total. The number of hydrogen-bond acceptors (Lipinski definition) is 2. The molecule has 0 aromatic heterocycles. The summed E-state index contributed by atoms with van der Waals surface area (Å²) in [5, 5.41) is 0. The number of amides is 1. The molecule has 0 aromatic rings. The molecule has 2 aliphatic rings. The molecule has 0 spiro atoms. The normalized spacial score (nSPS) is 30.9. The average molecular weight is 266 g/mol. The number of hydrogen-bond donors (Lipinski definition) is 0. The molecule has 110 valence electrons. The van der Waals surface area contributed by atoms with E-state index in [1.165, 1.54) is 12.8 Å². The first-order valence-electron chi connectivity index (χ1n) is 7.90. The lowest BCUT2D eigenvalue weighted by molar-refractivity contribution is -0.145. The fourth-order valence-electron chi connectivity index (χ4n) is 3.82. The summed E-state index contributed by atoms with van der Waals surface area (Å²) in [7, 11) is 2.13. The van der Waals surface area contributed by atoms with Gasteiger partial charge in [-0.1, -0.05) is 13.8 Å². The SMILES string of the molecule is CC(C)C1CCN(C(=O)C2(C)CCCN(C)C2)CC1. The van der Waals surface area contributed by atoms with Gasteiger partial charge in [-0.25, -0.2) is 0 Å². The third-order valence-electron chi connectivity index (χ3n) is 5.17. The van der Waals surface area contributed by atoms with Crippen molar-refractivity contribution in [1.82, 2.24) is 9.80 Å². The second-order valence-electron chi connectivity index (χ2n) is 7.28. The van der Waals surface area contributed by atoms with Crippen molar-refractivity contribution in [3.05, 3.63) is 0 Å². The van der Waals surface area contributed by atoms with Crippen LogP contribution in [0.4, 0.5) is 0 Å². The Morgan fingerprint density at radius 3 is 2.37 bits per heavy atom. The number of rotatable bonds is 2. The highest BCUT2D eigenvalue weighted by Crippen LogP contribution is 2.33. The standard InChI is InChI=1S/C16H30N2O/c1-13(2)14-6-10-18(11-7-14)15(19)16(3)8-5-9-17(4)12-16/h13-14H,5-12H2,1-4H3. The Morgan fingerprint density at radius 1 is 1.21 bits per heavy atom. The van der Waals surface area contributed by atoms with E-state index in [-0.39, 0.29) is 5.41 Å². The van der Waals surface area contributed by atoms with Crippen molar-refractivity contribution in [2.45, 2.75) is 46.5 Å². The largest absolute Gasteiger partial charge is 0.342 e. The van der Waals surface area contributed by atoms with Gasteiger partial charge in [0.05, 0.1) is 5.41 Å². The van der Waals surface area contributed by atoms with Crippen molar-refractivity contribution >= 4 is 5.91 Å². The summed E-state index contributed by atoms with van der Waals surface area (Å²) in [5.41, 5.74) is -0.141. The maximum Gasteiger partial charge on any atom is 0.229 e. The molecule has 0 saturated carbocycles. The van der Waals surface area contributed by atoms with Crippen LogP contribution < -0.4 is 0 Å². The van der Waals surface area contributed by atoms with Gasteiger partial charge in [0.2, 0.25) is 5.91 Å². The third kappa shape index (κ3) is 3.31. The van der Waals surface area contributed by atoms with Gasteiger partial charge >= 0.3 is 0 Å². The second-order valence-corrected chi connectivity index (χ2v) is 7.28. The lowest BCUT2D eigenvalue weighted by Gasteiger charge is -2.43. The van der Waals surface area contributed by atoms with Crippen LogP contribution in [0.1, 0.15) is 46.5 Å². The summed E-state index contributed by atoms with van der Waals surface area (Å²) in [6, 6.07) is 0. The Balaban J connectivity index is 1.93. The summed E-state index contributed by atoms with van der Waals surface area (Å²) in [6.07, 6.45) is 4.59. The molecule has 1 amide bonds. The molecule has 0 aromatic carbocycles. The molecule has 2 rings (SSSR count). The maximum absolute atomic E-state index is 12.8. The average Bonchev–Trinajstić information content (AvgIpc) is 2.37. The van der Waals surface area contributed by atoms with E-state index >= 15 is 0 Å². The van der Waals surface area contributed by atoms with E-state index < -0.39 is 0 Å². The molecule has 1 unspecified atom stereocenters. The van der Waals surface area contributed by atoms with Crippen LogP contribution >= 0.6 is 0 Å². The van der Waals surface area contributed by atoms with Gasteiger partial charge < -0.3 is 9.80 Å². The highest BCUT2D eigenvalue weighted by atomic mass is 16.2. The predicted molar refractivity (Wildman–Crippen MR) is 79.0 cm³/mol. The topological polar surface area (TPSA) is 23.6 Å². The van der Waals surface area contributed by atoms with Crippen LogP contribution in [0, 0.1) is 17.3 Å². The van der Waals surface area contributed by atoms with E-state index in [1.807, 2.05) is 0 Å². The van der Waals surface area contributed by atoms with Crippen LogP contribution in [0.25, 0.3) is 0 Å². The first kappa shape index (κ1) is 14.8. The van der Waals surface area contributed by atoms with E-state index in [1.54, 1.807) is 0 Å². The Morgan fingerprint density at radius 2 is 1.84 bits per heavy atom. The van der Waals surface area contributed by atoms with Crippen molar-refractivity contribution in [3.8, 4) is 0 Å². The number of nitrogens with zero attached hydrogens (tertiary/aromatic N) is 2. The molecular weight excluding hydrogens is 236 g/mol. The second kappa shape index (κ2) is 5.82. The van der Waals surface area contributed by atoms with Crippen molar-refractivity contribution in [3.63, 3.8) is 0 Å². The van der Waals surface area contributed by atoms with Gasteiger partial charge in [-0.05, 0) is 58.0 Å². The summed E-state index contributed by atoms with van der Waals surface area (Å²) in [6.45, 7) is 10.8. The molecule has 19 heavy (non-hydrogen) atoms. The number of piperidine rings is 2. The van der Waals surface area contributed by atoms with Gasteiger partial charge in [0.15, 0.2) is 0 Å². The van der Waals surface area contributed by atoms with Crippen LogP contribution in [0.15, 0.2) is 0 Å². The van der Waals surface area contributed by atoms with E-state index in [4.69, 9.17) is 0 Å². The molecule has 3 nitrogen and oxygen atoms in total. The molecule has 3 heteroatoms. The highest BCUT2D eigenvalue weighted by Gasteiger charge is 2.40. The van der Waals surface area contributed by atoms with Crippen molar-refractivity contribution < 1.29 is 4.79 Å². The molecule has 2 saturated heterocycles. The van der Waals surface area contributed by atoms with Crippen molar-refractivity contribution in [2.24, 2.45) is 17.3 Å². The van der Waals surface area contributed by atoms with Crippen LogP contribution in [0.3, 0.4) is 0 Å². The Labute approximate surface area is 118 Å². The molecule has 2 aliphatic heterocycles. The molecule has 0 bridgehead atoms. The lowest BCUT2D eigenvalue weighted by Crippen LogP contribution is -2.52. The van der Waals surface area contributed by atoms with Gasteiger partial charge in [-0.3, -0.25) is 4.79 Å². The maximum atomic E-state index is 12.8. The quantitative estimate of drug-likeness (QED) is 0.767. The Kier molecular flexibility index (Phi) is 4.54. The van der Waals surface area contributed by atoms with E-state index in [0.717, 1.165) is 50.9 Å². The summed E-state index contributed by atoms with van der Waals surface area (Å²) < 4.78 is 0. The fourth-order valence-corrected chi connectivity index (χ4v) is 3.82. The van der Waals surface area contributed by atoms with Gasteiger partial charge in [-0.2, -0.15) is 0 Å². The van der Waals surface area contributed by atoms with Crippen LogP contribution in [0.5, 0.6) is 0 Å². The zero-order valence-electron chi connectivity index (χ0n) is 13.1. The van der Waals surface area contributed by atoms with Crippen LogP contribution in [-0.4, -0.2) is 48.9 Å². The minimum absolute atomic E-state index is 0.141. The van der Waals surface area contributed by atoms with Crippen LogP contribution in [0.2, 0.25) is 0 Å². The Hall–Kier alpha value is -0.570. The monoisotopic (exact) mass is 266 g/mol. The molecule has 2 fully saturated rings. The van der Waals surface area contributed by atoms with Gasteiger partial charge in [0.1, 0.15) is 0 Å². The summed E-state index contributed by atoms with van der Waals surface area (Å²) in [4.78, 5) is 17.2. The Bertz CT molecular complexity index is 321. The fraction of sp³-hybridized carbons (Fsp3) is 0.938. The zero-order chi connectivity index (χ0) is 14.0. The highest BCUT2D eigenvalue weighted by molar-refractivity contribution is 5.82. The molecule has 0 radical (unpaired) electrons. The lowest BCUT2D eigenvalue weighted by atomic mass is 9.79. The van der Waals surface area contributed by atoms with Crippen LogP contribution in [-0.2, 0) is 4.79 Å². The first-order chi connectivity index (χ1) is 8.92. The van der Waals surface area contributed by atoms with Crippen molar-refractivity contribution in [1.29, 1.82) is 0 Å². The number of likely N-dealkylation sites (tertiary alicyclic amines) is 2. The summed E-state index contributed by atoms with van der Waals surface area (Å²) in [5.74, 6) is 1.97. The van der Waals surface area contributed by atoms with Gasteiger partial charge in [-0.15, -0.1) is 0 Å². The van der Waals surface area contributed by atoms with Gasteiger partial charge in [0, 0.05) is 19.6 Å². The number of carbonyl (C=O) groups is 1. The zero-order valence-corrected chi connectivity index (χ0v) is 13.1. The van der Waals surface area contributed by atoms with E-state index in [2.05, 4.69) is 37.6 Å². The molecule has 0 aliphatic carbocycles. The van der Waals surface area contributed by atoms with Gasteiger partial charge in [0.25, 0.3) is 0 Å².